The Hall–Kier alpha value is -2.27. The molecule has 0 bridgehead atoms. The lowest BCUT2D eigenvalue weighted by molar-refractivity contribution is -0.143. The second-order valence-corrected chi connectivity index (χ2v) is 10.0. The fourth-order valence-electron chi connectivity index (χ4n) is 6.33. The fourth-order valence-corrected chi connectivity index (χ4v) is 6.33. The molecule has 1 aromatic heterocycles. The smallest absolute Gasteiger partial charge is 0.306 e. The molecule has 1 saturated carbocycles. The van der Waals surface area contributed by atoms with Crippen LogP contribution in [-0.4, -0.2) is 39.0 Å². The van der Waals surface area contributed by atoms with Crippen LogP contribution < -0.4 is 0 Å². The molecular weight excluding hydrogens is 386 g/mol. The van der Waals surface area contributed by atoms with Crippen LogP contribution in [0.3, 0.4) is 0 Å². The summed E-state index contributed by atoms with van der Waals surface area (Å²) in [6.45, 7) is 3.32. The molecule has 2 fully saturated rings. The Morgan fingerprint density at radius 1 is 1.16 bits per heavy atom. The molecule has 1 aliphatic heterocycles. The highest BCUT2D eigenvalue weighted by atomic mass is 16.4. The zero-order valence-electron chi connectivity index (χ0n) is 18.3. The van der Waals surface area contributed by atoms with Gasteiger partial charge in [0.25, 0.3) is 0 Å². The highest BCUT2D eigenvalue weighted by Gasteiger charge is 2.42. The molecule has 5 heteroatoms. The summed E-state index contributed by atoms with van der Waals surface area (Å²) in [6.07, 6.45) is 13.1. The largest absolute Gasteiger partial charge is 0.481 e. The standard InChI is InChI=1S/C26H33N3O2/c30-25(31)22-6-10-26(11-7-22)9-5-21-4-3-20(15-24(21)26)17-29-13-1-2-19(16-29)14-23-8-12-27-18-28-23/h3-4,8,12,15,18-19,22H,1-2,5-7,9-11,13-14,16-17H2,(H,30,31). The van der Waals surface area contributed by atoms with Crippen molar-refractivity contribution in [1.82, 2.24) is 14.9 Å². The van der Waals surface area contributed by atoms with Crippen molar-refractivity contribution in [2.45, 2.75) is 69.7 Å². The zero-order valence-corrected chi connectivity index (χ0v) is 18.3. The molecule has 1 aromatic carbocycles. The van der Waals surface area contributed by atoms with E-state index >= 15 is 0 Å². The number of likely N-dealkylation sites (tertiary alicyclic amines) is 1. The Bertz CT molecular complexity index is 922. The van der Waals surface area contributed by atoms with E-state index in [2.05, 4.69) is 33.1 Å². The van der Waals surface area contributed by atoms with Gasteiger partial charge in [0.1, 0.15) is 6.33 Å². The van der Waals surface area contributed by atoms with Crippen molar-refractivity contribution < 1.29 is 9.90 Å². The van der Waals surface area contributed by atoms with Crippen molar-refractivity contribution in [1.29, 1.82) is 0 Å². The number of hydrogen-bond donors (Lipinski definition) is 1. The number of hydrogen-bond acceptors (Lipinski definition) is 4. The first kappa shape index (κ1) is 20.6. The number of aromatic nitrogens is 2. The molecule has 1 unspecified atom stereocenters. The van der Waals surface area contributed by atoms with Gasteiger partial charge in [0.2, 0.25) is 0 Å². The van der Waals surface area contributed by atoms with Crippen LogP contribution in [0.4, 0.5) is 0 Å². The molecule has 5 rings (SSSR count). The maximum absolute atomic E-state index is 11.4. The molecule has 2 heterocycles. The van der Waals surface area contributed by atoms with Gasteiger partial charge in [-0.3, -0.25) is 9.69 Å². The Morgan fingerprint density at radius 3 is 2.81 bits per heavy atom. The molecule has 164 valence electrons. The number of carbonyl (C=O) groups is 1. The molecule has 5 nitrogen and oxygen atoms in total. The van der Waals surface area contributed by atoms with Gasteiger partial charge in [0.15, 0.2) is 0 Å². The molecule has 1 atom stereocenters. The first-order valence-electron chi connectivity index (χ1n) is 11.9. The molecule has 0 amide bonds. The van der Waals surface area contributed by atoms with E-state index in [9.17, 15) is 9.90 Å². The SMILES string of the molecule is O=C(O)C1CCC2(CCc3ccc(CN4CCCC(Cc5ccncn5)C4)cc32)CC1. The van der Waals surface area contributed by atoms with Crippen LogP contribution in [0.5, 0.6) is 0 Å². The number of piperidine rings is 1. The lowest BCUT2D eigenvalue weighted by Gasteiger charge is -2.37. The van der Waals surface area contributed by atoms with Crippen LogP contribution in [0, 0.1) is 11.8 Å². The van der Waals surface area contributed by atoms with E-state index in [0.717, 1.165) is 57.3 Å². The first-order valence-corrected chi connectivity index (χ1v) is 11.9. The van der Waals surface area contributed by atoms with Crippen molar-refractivity contribution in [2.24, 2.45) is 11.8 Å². The summed E-state index contributed by atoms with van der Waals surface area (Å²) in [5.74, 6) is -0.0859. The highest BCUT2D eigenvalue weighted by molar-refractivity contribution is 5.70. The number of carboxylic acid groups (broad SMARTS) is 1. The van der Waals surface area contributed by atoms with E-state index in [4.69, 9.17) is 0 Å². The average molecular weight is 420 g/mol. The van der Waals surface area contributed by atoms with E-state index in [1.807, 2.05) is 12.3 Å². The number of carboxylic acids is 1. The molecule has 31 heavy (non-hydrogen) atoms. The van der Waals surface area contributed by atoms with Crippen molar-refractivity contribution >= 4 is 5.97 Å². The van der Waals surface area contributed by atoms with Crippen molar-refractivity contribution in [3.63, 3.8) is 0 Å². The number of nitrogens with zero attached hydrogens (tertiary/aromatic N) is 3. The lowest BCUT2D eigenvalue weighted by Crippen LogP contribution is -2.36. The zero-order chi connectivity index (χ0) is 21.3. The minimum atomic E-state index is -0.608. The van der Waals surface area contributed by atoms with Gasteiger partial charge in [-0.05, 0) is 98.4 Å². The van der Waals surface area contributed by atoms with Crippen molar-refractivity contribution in [3.8, 4) is 0 Å². The van der Waals surface area contributed by atoms with Crippen LogP contribution in [-0.2, 0) is 29.6 Å². The number of rotatable bonds is 5. The predicted octanol–water partition coefficient (Wildman–Crippen LogP) is 4.39. The summed E-state index contributed by atoms with van der Waals surface area (Å²) in [4.78, 5) is 22.5. The average Bonchev–Trinajstić information content (AvgIpc) is 3.12. The first-order chi connectivity index (χ1) is 15.1. The molecule has 2 aromatic rings. The van der Waals surface area contributed by atoms with Gasteiger partial charge in [-0.1, -0.05) is 18.2 Å². The molecule has 1 saturated heterocycles. The normalized spacial score (nSPS) is 28.5. The van der Waals surface area contributed by atoms with Crippen LogP contribution in [0.25, 0.3) is 0 Å². The number of aliphatic carboxylic acids is 1. The minimum absolute atomic E-state index is 0.141. The van der Waals surface area contributed by atoms with Gasteiger partial charge in [-0.2, -0.15) is 0 Å². The van der Waals surface area contributed by atoms with Crippen LogP contribution in [0.1, 0.15) is 67.3 Å². The van der Waals surface area contributed by atoms with Gasteiger partial charge in [-0.15, -0.1) is 0 Å². The summed E-state index contributed by atoms with van der Waals surface area (Å²) >= 11 is 0. The molecule has 3 aliphatic rings. The molecular formula is C26H33N3O2. The van der Waals surface area contributed by atoms with Gasteiger partial charge in [0, 0.05) is 25.0 Å². The number of benzene rings is 1. The van der Waals surface area contributed by atoms with E-state index in [1.54, 1.807) is 6.33 Å². The third-order valence-electron chi connectivity index (χ3n) is 8.06. The van der Waals surface area contributed by atoms with Crippen LogP contribution in [0.15, 0.2) is 36.8 Å². The van der Waals surface area contributed by atoms with Crippen molar-refractivity contribution in [2.75, 3.05) is 13.1 Å². The maximum Gasteiger partial charge on any atom is 0.306 e. The molecule has 2 aliphatic carbocycles. The molecule has 1 N–H and O–H groups in total. The lowest BCUT2D eigenvalue weighted by atomic mass is 9.67. The van der Waals surface area contributed by atoms with Crippen molar-refractivity contribution in [3.05, 3.63) is 59.2 Å². The highest BCUT2D eigenvalue weighted by Crippen LogP contribution is 2.50. The Labute approximate surface area is 184 Å². The predicted molar refractivity (Wildman–Crippen MR) is 120 cm³/mol. The monoisotopic (exact) mass is 419 g/mol. The topological polar surface area (TPSA) is 66.3 Å². The number of fused-ring (bicyclic) bond motifs is 2. The van der Waals surface area contributed by atoms with E-state index < -0.39 is 5.97 Å². The summed E-state index contributed by atoms with van der Waals surface area (Å²) in [5, 5.41) is 9.39. The third kappa shape index (κ3) is 4.38. The fraction of sp³-hybridized carbons (Fsp3) is 0.577. The second-order valence-electron chi connectivity index (χ2n) is 10.0. The Kier molecular flexibility index (Phi) is 5.79. The van der Waals surface area contributed by atoms with Gasteiger partial charge < -0.3 is 5.11 Å². The van der Waals surface area contributed by atoms with Gasteiger partial charge in [0.05, 0.1) is 5.92 Å². The Morgan fingerprint density at radius 2 is 2.03 bits per heavy atom. The summed E-state index contributed by atoms with van der Waals surface area (Å²) in [7, 11) is 0. The summed E-state index contributed by atoms with van der Waals surface area (Å²) in [6, 6.07) is 9.19. The quantitative estimate of drug-likeness (QED) is 0.779. The van der Waals surface area contributed by atoms with E-state index in [0.29, 0.717) is 5.92 Å². The molecule has 1 spiro atoms. The van der Waals surface area contributed by atoms with Crippen LogP contribution in [0.2, 0.25) is 0 Å². The summed E-state index contributed by atoms with van der Waals surface area (Å²) in [5.41, 5.74) is 5.83. The van der Waals surface area contributed by atoms with Crippen LogP contribution >= 0.6 is 0 Å². The number of aryl methyl sites for hydroxylation is 1. The minimum Gasteiger partial charge on any atom is -0.481 e. The van der Waals surface area contributed by atoms with Gasteiger partial charge >= 0.3 is 5.97 Å². The molecule has 0 radical (unpaired) electrons. The maximum atomic E-state index is 11.4. The summed E-state index contributed by atoms with van der Waals surface area (Å²) < 4.78 is 0. The Balaban J connectivity index is 1.25. The third-order valence-corrected chi connectivity index (χ3v) is 8.06. The van der Waals surface area contributed by atoms with Gasteiger partial charge in [-0.25, -0.2) is 9.97 Å². The van der Waals surface area contributed by atoms with E-state index in [1.165, 1.54) is 42.5 Å². The second kappa shape index (κ2) is 8.70. The van der Waals surface area contributed by atoms with E-state index in [-0.39, 0.29) is 11.3 Å².